The van der Waals surface area contributed by atoms with E-state index in [1.165, 1.54) is 12.8 Å². The topological polar surface area (TPSA) is 56.3 Å². The van der Waals surface area contributed by atoms with Gasteiger partial charge in [0.15, 0.2) is 5.82 Å². The second-order valence-electron chi connectivity index (χ2n) is 5.52. The van der Waals surface area contributed by atoms with Crippen LogP contribution in [0.25, 0.3) is 11.3 Å². The van der Waals surface area contributed by atoms with Crippen LogP contribution in [0.4, 0.5) is 5.82 Å². The van der Waals surface area contributed by atoms with E-state index in [0.717, 1.165) is 18.4 Å². The standard InChI is InChI=1S/C18H23BrClN3O2/c1-4-5-6-7-10-25-18-17(21-2)22-15(16(19)23-18)13-9-8-12(24-3)11-14(13)20/h8-9,11H,4-7,10H2,1-3H3,(H,21,22). The minimum atomic E-state index is 0.485. The third-order valence-electron chi connectivity index (χ3n) is 3.73. The van der Waals surface area contributed by atoms with Crippen LogP contribution in [0, 0.1) is 0 Å². The number of nitrogens with one attached hydrogen (secondary N) is 1. The van der Waals surface area contributed by atoms with Gasteiger partial charge in [-0.05, 0) is 40.5 Å². The molecule has 0 aliphatic carbocycles. The number of hydrogen-bond donors (Lipinski definition) is 1. The van der Waals surface area contributed by atoms with Gasteiger partial charge >= 0.3 is 0 Å². The van der Waals surface area contributed by atoms with Gasteiger partial charge in [-0.25, -0.2) is 9.97 Å². The van der Waals surface area contributed by atoms with Gasteiger partial charge in [-0.3, -0.25) is 0 Å². The molecular formula is C18H23BrClN3O2. The van der Waals surface area contributed by atoms with Crippen molar-refractivity contribution in [3.05, 3.63) is 27.8 Å². The van der Waals surface area contributed by atoms with E-state index in [9.17, 15) is 0 Å². The Labute approximate surface area is 162 Å². The van der Waals surface area contributed by atoms with Crippen molar-refractivity contribution in [2.24, 2.45) is 0 Å². The molecule has 1 heterocycles. The minimum Gasteiger partial charge on any atom is -0.497 e. The van der Waals surface area contributed by atoms with Crippen molar-refractivity contribution in [3.63, 3.8) is 0 Å². The summed E-state index contributed by atoms with van der Waals surface area (Å²) >= 11 is 9.84. The highest BCUT2D eigenvalue weighted by Crippen LogP contribution is 2.36. The fourth-order valence-electron chi connectivity index (χ4n) is 2.35. The third-order valence-corrected chi connectivity index (χ3v) is 4.59. The quantitative estimate of drug-likeness (QED) is 0.529. The SMILES string of the molecule is CCCCCCOc1nc(Br)c(-c2ccc(OC)cc2Cl)nc1NC. The molecule has 0 amide bonds. The van der Waals surface area contributed by atoms with Crippen LogP contribution < -0.4 is 14.8 Å². The Bertz CT molecular complexity index is 713. The Morgan fingerprint density at radius 3 is 2.64 bits per heavy atom. The zero-order valence-corrected chi connectivity index (χ0v) is 17.1. The summed E-state index contributed by atoms with van der Waals surface area (Å²) in [5.74, 6) is 1.76. The van der Waals surface area contributed by atoms with Crippen LogP contribution in [0.1, 0.15) is 32.6 Å². The van der Waals surface area contributed by atoms with Crippen LogP contribution in [-0.2, 0) is 0 Å². The van der Waals surface area contributed by atoms with Crippen LogP contribution in [0.2, 0.25) is 5.02 Å². The third kappa shape index (κ3) is 5.22. The van der Waals surface area contributed by atoms with Gasteiger partial charge in [-0.1, -0.05) is 37.8 Å². The summed E-state index contributed by atoms with van der Waals surface area (Å²) in [4.78, 5) is 9.12. The van der Waals surface area contributed by atoms with Crippen LogP contribution >= 0.6 is 27.5 Å². The van der Waals surface area contributed by atoms with Gasteiger partial charge in [0.05, 0.1) is 18.7 Å². The maximum Gasteiger partial charge on any atom is 0.258 e. The molecule has 0 bridgehead atoms. The summed E-state index contributed by atoms with van der Waals surface area (Å²) in [6.07, 6.45) is 4.57. The number of nitrogens with zero attached hydrogens (tertiary/aromatic N) is 2. The van der Waals surface area contributed by atoms with E-state index in [2.05, 4.69) is 38.1 Å². The first kappa shape index (κ1) is 19.8. The average Bonchev–Trinajstić information content (AvgIpc) is 2.62. The molecule has 0 aliphatic heterocycles. The fraction of sp³-hybridized carbons (Fsp3) is 0.444. The van der Waals surface area contributed by atoms with E-state index in [1.807, 2.05) is 12.1 Å². The van der Waals surface area contributed by atoms with Gasteiger partial charge in [-0.15, -0.1) is 0 Å². The van der Waals surface area contributed by atoms with Crippen molar-refractivity contribution in [3.8, 4) is 22.9 Å². The number of unbranched alkanes of at least 4 members (excludes halogenated alkanes) is 3. The largest absolute Gasteiger partial charge is 0.497 e. The molecule has 25 heavy (non-hydrogen) atoms. The van der Waals surface area contributed by atoms with Crippen molar-refractivity contribution in [2.45, 2.75) is 32.6 Å². The minimum absolute atomic E-state index is 0.485. The number of halogens is 2. The second kappa shape index (κ2) is 9.82. The van der Waals surface area contributed by atoms with Gasteiger partial charge in [-0.2, -0.15) is 0 Å². The first-order valence-corrected chi connectivity index (χ1v) is 9.49. The molecule has 2 rings (SSSR count). The highest BCUT2D eigenvalue weighted by molar-refractivity contribution is 9.10. The van der Waals surface area contributed by atoms with Crippen LogP contribution in [0.3, 0.4) is 0 Å². The number of hydrogen-bond acceptors (Lipinski definition) is 5. The monoisotopic (exact) mass is 427 g/mol. The lowest BCUT2D eigenvalue weighted by molar-refractivity contribution is 0.294. The van der Waals surface area contributed by atoms with Gasteiger partial charge in [0.1, 0.15) is 16.0 Å². The molecule has 1 aromatic carbocycles. The molecule has 0 unspecified atom stereocenters. The van der Waals surface area contributed by atoms with E-state index in [1.54, 1.807) is 20.2 Å². The van der Waals surface area contributed by atoms with Crippen molar-refractivity contribution in [1.29, 1.82) is 0 Å². The van der Waals surface area contributed by atoms with E-state index in [4.69, 9.17) is 21.1 Å². The first-order valence-electron chi connectivity index (χ1n) is 8.32. The van der Waals surface area contributed by atoms with E-state index < -0.39 is 0 Å². The van der Waals surface area contributed by atoms with E-state index in [0.29, 0.717) is 39.4 Å². The first-order chi connectivity index (χ1) is 12.1. The zero-order valence-electron chi connectivity index (χ0n) is 14.7. The molecule has 7 heteroatoms. The normalized spacial score (nSPS) is 10.6. The lowest BCUT2D eigenvalue weighted by Crippen LogP contribution is -2.06. The summed E-state index contributed by atoms with van der Waals surface area (Å²) in [5.41, 5.74) is 1.42. The Kier molecular flexibility index (Phi) is 7.78. The van der Waals surface area contributed by atoms with Crippen LogP contribution in [-0.4, -0.2) is 30.7 Å². The van der Waals surface area contributed by atoms with Crippen LogP contribution in [0.15, 0.2) is 22.8 Å². The molecule has 0 fully saturated rings. The summed E-state index contributed by atoms with van der Waals surface area (Å²) in [5, 5.41) is 3.59. The molecule has 0 radical (unpaired) electrons. The van der Waals surface area contributed by atoms with Gasteiger partial charge in [0.25, 0.3) is 5.88 Å². The lowest BCUT2D eigenvalue weighted by atomic mass is 10.1. The summed E-state index contributed by atoms with van der Waals surface area (Å²) in [6, 6.07) is 5.45. The number of aromatic nitrogens is 2. The summed E-state index contributed by atoms with van der Waals surface area (Å²) in [6.45, 7) is 2.81. The van der Waals surface area contributed by atoms with Gasteiger partial charge in [0, 0.05) is 12.6 Å². The fourth-order valence-corrected chi connectivity index (χ4v) is 3.07. The Hall–Kier alpha value is -1.53. The molecule has 136 valence electrons. The highest BCUT2D eigenvalue weighted by atomic mass is 79.9. The summed E-state index contributed by atoms with van der Waals surface area (Å²) in [7, 11) is 3.40. The smallest absolute Gasteiger partial charge is 0.258 e. The van der Waals surface area contributed by atoms with Crippen molar-refractivity contribution < 1.29 is 9.47 Å². The Morgan fingerprint density at radius 1 is 1.20 bits per heavy atom. The molecule has 0 spiro atoms. The second-order valence-corrected chi connectivity index (χ2v) is 6.68. The molecule has 1 N–H and O–H groups in total. The Morgan fingerprint density at radius 2 is 2.00 bits per heavy atom. The van der Waals surface area contributed by atoms with Gasteiger partial charge < -0.3 is 14.8 Å². The van der Waals surface area contributed by atoms with Gasteiger partial charge in [0.2, 0.25) is 0 Å². The average molecular weight is 429 g/mol. The Balaban J connectivity index is 2.24. The zero-order chi connectivity index (χ0) is 18.2. The van der Waals surface area contributed by atoms with Crippen molar-refractivity contribution in [1.82, 2.24) is 9.97 Å². The van der Waals surface area contributed by atoms with E-state index in [-0.39, 0.29) is 0 Å². The molecule has 0 atom stereocenters. The molecule has 1 aromatic heterocycles. The number of anilines is 1. The van der Waals surface area contributed by atoms with Crippen molar-refractivity contribution >= 4 is 33.3 Å². The van der Waals surface area contributed by atoms with E-state index >= 15 is 0 Å². The maximum atomic E-state index is 6.36. The molecule has 5 nitrogen and oxygen atoms in total. The number of benzene rings is 1. The molecule has 2 aromatic rings. The maximum absolute atomic E-state index is 6.36. The molecule has 0 aliphatic rings. The number of rotatable bonds is 9. The molecule has 0 saturated carbocycles. The highest BCUT2D eigenvalue weighted by Gasteiger charge is 2.16. The summed E-state index contributed by atoms with van der Waals surface area (Å²) < 4.78 is 11.6. The predicted molar refractivity (Wildman–Crippen MR) is 106 cm³/mol. The predicted octanol–water partition coefficient (Wildman–Crippen LogP) is 5.57. The lowest BCUT2D eigenvalue weighted by Gasteiger charge is -2.13. The molecule has 0 saturated heterocycles. The van der Waals surface area contributed by atoms with Crippen molar-refractivity contribution in [2.75, 3.05) is 26.1 Å². The number of methoxy groups -OCH3 is 1. The molecular weight excluding hydrogens is 406 g/mol. The number of ether oxygens (including phenoxy) is 2. The van der Waals surface area contributed by atoms with Crippen LogP contribution in [0.5, 0.6) is 11.6 Å².